The highest BCUT2D eigenvalue weighted by atomic mass is 32.2. The Morgan fingerprint density at radius 1 is 1.14 bits per heavy atom. The van der Waals surface area contributed by atoms with Gasteiger partial charge in [-0.25, -0.2) is 21.6 Å². The largest absolute Gasteiger partial charge is 0.495 e. The molecule has 1 N–H and O–H groups in total. The minimum absolute atomic E-state index is 0.0622. The van der Waals surface area contributed by atoms with Crippen LogP contribution in [0, 0.1) is 6.92 Å². The minimum Gasteiger partial charge on any atom is -0.495 e. The highest BCUT2D eigenvalue weighted by Gasteiger charge is 2.28. The number of nitrogens with one attached hydrogen (secondary N) is 1. The molecule has 1 aliphatic rings. The van der Waals surface area contributed by atoms with Gasteiger partial charge in [0.2, 0.25) is 20.0 Å². The van der Waals surface area contributed by atoms with Gasteiger partial charge in [0.1, 0.15) is 10.6 Å². The Kier molecular flexibility index (Phi) is 5.97. The highest BCUT2D eigenvalue weighted by molar-refractivity contribution is 7.92. The Bertz CT molecular complexity index is 1070. The molecule has 1 fully saturated rings. The Hall–Kier alpha value is -2.10. The average molecular weight is 425 g/mol. The second-order valence-corrected chi connectivity index (χ2v) is 10.5. The van der Waals surface area contributed by atoms with Crippen LogP contribution in [0.5, 0.6) is 5.75 Å². The van der Waals surface area contributed by atoms with Crippen molar-refractivity contribution < 1.29 is 21.6 Å². The molecular formula is C19H24N2O5S2. The summed E-state index contributed by atoms with van der Waals surface area (Å²) < 4.78 is 59.6. The van der Waals surface area contributed by atoms with E-state index in [0.29, 0.717) is 18.7 Å². The van der Waals surface area contributed by atoms with Crippen LogP contribution in [-0.2, 0) is 26.6 Å². The second kappa shape index (κ2) is 8.10. The quantitative estimate of drug-likeness (QED) is 0.769. The predicted octanol–water partition coefficient (Wildman–Crippen LogP) is 2.41. The molecule has 1 heterocycles. The molecule has 0 atom stereocenters. The molecule has 2 aromatic rings. The number of hydrogen-bond acceptors (Lipinski definition) is 5. The predicted molar refractivity (Wildman–Crippen MR) is 109 cm³/mol. The van der Waals surface area contributed by atoms with Gasteiger partial charge in [-0.2, -0.15) is 0 Å². The van der Waals surface area contributed by atoms with Crippen LogP contribution in [0.4, 0.5) is 5.69 Å². The van der Waals surface area contributed by atoms with Crippen molar-refractivity contribution >= 4 is 25.7 Å². The van der Waals surface area contributed by atoms with Crippen molar-refractivity contribution in [1.29, 1.82) is 0 Å². The van der Waals surface area contributed by atoms with E-state index >= 15 is 0 Å². The maximum absolute atomic E-state index is 12.9. The third kappa shape index (κ3) is 4.48. The van der Waals surface area contributed by atoms with Crippen LogP contribution in [-0.4, -0.2) is 36.2 Å². The molecular weight excluding hydrogens is 400 g/mol. The van der Waals surface area contributed by atoms with Gasteiger partial charge in [0, 0.05) is 13.1 Å². The highest BCUT2D eigenvalue weighted by Crippen LogP contribution is 2.31. The minimum atomic E-state index is -3.91. The number of rotatable bonds is 6. The summed E-state index contributed by atoms with van der Waals surface area (Å²) in [4.78, 5) is -0.0825. The summed E-state index contributed by atoms with van der Waals surface area (Å²) >= 11 is 0. The second-order valence-electron chi connectivity index (χ2n) is 6.74. The van der Waals surface area contributed by atoms with Crippen molar-refractivity contribution in [2.75, 3.05) is 23.7 Å². The van der Waals surface area contributed by atoms with Gasteiger partial charge in [0.25, 0.3) is 0 Å². The van der Waals surface area contributed by atoms with Crippen molar-refractivity contribution in [1.82, 2.24) is 4.72 Å². The number of ether oxygens (including phenoxy) is 1. The third-order valence-corrected chi connectivity index (χ3v) is 7.91. The summed E-state index contributed by atoms with van der Waals surface area (Å²) in [5, 5.41) is 0. The monoisotopic (exact) mass is 424 g/mol. The molecule has 3 rings (SSSR count). The molecule has 1 saturated heterocycles. The number of aryl methyl sites for hydroxylation is 1. The Labute approximate surface area is 166 Å². The van der Waals surface area contributed by atoms with Crippen LogP contribution in [0.25, 0.3) is 0 Å². The first-order chi connectivity index (χ1) is 13.2. The molecule has 2 aromatic carbocycles. The number of nitrogens with zero attached hydrogens (tertiary/aromatic N) is 1. The molecule has 9 heteroatoms. The van der Waals surface area contributed by atoms with E-state index in [0.717, 1.165) is 17.5 Å². The van der Waals surface area contributed by atoms with Crippen LogP contribution in [0.3, 0.4) is 0 Å². The maximum Gasteiger partial charge on any atom is 0.244 e. The van der Waals surface area contributed by atoms with Crippen LogP contribution in [0.15, 0.2) is 47.4 Å². The van der Waals surface area contributed by atoms with Crippen LogP contribution >= 0.6 is 0 Å². The number of anilines is 1. The van der Waals surface area contributed by atoms with Crippen molar-refractivity contribution in [3.05, 3.63) is 53.6 Å². The van der Waals surface area contributed by atoms with E-state index in [-0.39, 0.29) is 22.9 Å². The fraction of sp³-hybridized carbons (Fsp3) is 0.368. The SMILES string of the molecule is COc1ccc(N2CCCCS2(=O)=O)cc1S(=O)(=O)NCc1cccc(C)c1. The molecule has 1 aliphatic heterocycles. The lowest BCUT2D eigenvalue weighted by molar-refractivity contribution is 0.402. The van der Waals surface area contributed by atoms with Gasteiger partial charge in [-0.3, -0.25) is 4.31 Å². The lowest BCUT2D eigenvalue weighted by Gasteiger charge is -2.28. The summed E-state index contributed by atoms with van der Waals surface area (Å²) in [5.41, 5.74) is 2.19. The van der Waals surface area contributed by atoms with Crippen molar-refractivity contribution in [2.24, 2.45) is 0 Å². The molecule has 152 valence electrons. The van der Waals surface area contributed by atoms with Crippen LogP contribution in [0.2, 0.25) is 0 Å². The molecule has 7 nitrogen and oxygen atoms in total. The Morgan fingerprint density at radius 2 is 1.93 bits per heavy atom. The van der Waals surface area contributed by atoms with Crippen molar-refractivity contribution in [3.63, 3.8) is 0 Å². The molecule has 0 aliphatic carbocycles. The van der Waals surface area contributed by atoms with Gasteiger partial charge in [0.15, 0.2) is 0 Å². The van der Waals surface area contributed by atoms with Gasteiger partial charge >= 0.3 is 0 Å². The number of benzene rings is 2. The lowest BCUT2D eigenvalue weighted by atomic mass is 10.1. The number of hydrogen-bond donors (Lipinski definition) is 1. The molecule has 0 bridgehead atoms. The van der Waals surface area contributed by atoms with E-state index in [2.05, 4.69) is 4.72 Å². The van der Waals surface area contributed by atoms with E-state index in [1.165, 1.54) is 23.5 Å². The van der Waals surface area contributed by atoms with Gasteiger partial charge in [-0.1, -0.05) is 29.8 Å². The summed E-state index contributed by atoms with van der Waals surface area (Å²) in [6.45, 7) is 2.40. The van der Waals surface area contributed by atoms with E-state index in [9.17, 15) is 16.8 Å². The lowest BCUT2D eigenvalue weighted by Crippen LogP contribution is -2.38. The molecule has 0 saturated carbocycles. The van der Waals surface area contributed by atoms with Crippen molar-refractivity contribution in [3.8, 4) is 5.75 Å². The molecule has 0 radical (unpaired) electrons. The zero-order valence-electron chi connectivity index (χ0n) is 15.9. The van der Waals surface area contributed by atoms with E-state index in [1.807, 2.05) is 31.2 Å². The van der Waals surface area contributed by atoms with E-state index < -0.39 is 20.0 Å². The molecule has 0 spiro atoms. The first kappa shape index (κ1) is 20.6. The van der Waals surface area contributed by atoms with Gasteiger partial charge in [0.05, 0.1) is 18.6 Å². The van der Waals surface area contributed by atoms with Crippen LogP contribution in [0.1, 0.15) is 24.0 Å². The fourth-order valence-electron chi connectivity index (χ4n) is 3.19. The van der Waals surface area contributed by atoms with Crippen LogP contribution < -0.4 is 13.8 Å². The third-order valence-electron chi connectivity index (χ3n) is 4.62. The molecule has 0 aromatic heterocycles. The van der Waals surface area contributed by atoms with Crippen molar-refractivity contribution in [2.45, 2.75) is 31.2 Å². The normalized spacial score (nSPS) is 16.7. The molecule has 0 amide bonds. The number of sulfonamides is 2. The van der Waals surface area contributed by atoms with Gasteiger partial charge < -0.3 is 4.74 Å². The fourth-order valence-corrected chi connectivity index (χ4v) is 6.02. The standard InChI is InChI=1S/C19H24N2O5S2/c1-15-6-5-7-16(12-15)14-20-28(24,25)19-13-17(8-9-18(19)26-2)21-10-3-4-11-27(21,22)23/h5-9,12-13,20H,3-4,10-11,14H2,1-2H3. The Balaban J connectivity index is 1.92. The zero-order chi connectivity index (χ0) is 20.4. The van der Waals surface area contributed by atoms with E-state index in [4.69, 9.17) is 4.74 Å². The summed E-state index contributed by atoms with van der Waals surface area (Å²) in [7, 11) is -5.97. The topological polar surface area (TPSA) is 92.8 Å². The summed E-state index contributed by atoms with van der Waals surface area (Å²) in [6, 6.07) is 12.0. The van der Waals surface area contributed by atoms with Gasteiger partial charge in [-0.05, 0) is 43.5 Å². The first-order valence-electron chi connectivity index (χ1n) is 8.96. The van der Waals surface area contributed by atoms with E-state index in [1.54, 1.807) is 6.07 Å². The summed E-state index contributed by atoms with van der Waals surface area (Å²) in [6.07, 6.45) is 1.34. The number of methoxy groups -OCH3 is 1. The maximum atomic E-state index is 12.9. The molecule has 0 unspecified atom stereocenters. The first-order valence-corrected chi connectivity index (χ1v) is 12.1. The Morgan fingerprint density at radius 3 is 2.61 bits per heavy atom. The smallest absolute Gasteiger partial charge is 0.244 e. The molecule has 28 heavy (non-hydrogen) atoms. The van der Waals surface area contributed by atoms with Gasteiger partial charge in [-0.15, -0.1) is 0 Å². The zero-order valence-corrected chi connectivity index (χ0v) is 17.5. The average Bonchev–Trinajstić information content (AvgIpc) is 2.66. The summed E-state index contributed by atoms with van der Waals surface area (Å²) in [5.74, 6) is 0.224.